The van der Waals surface area contributed by atoms with Gasteiger partial charge >= 0.3 is 0 Å². The summed E-state index contributed by atoms with van der Waals surface area (Å²) in [5.74, 6) is 0. The van der Waals surface area contributed by atoms with Crippen molar-refractivity contribution in [3.63, 3.8) is 0 Å². The molecular weight excluding hydrogens is 292 g/mol. The molecule has 1 aliphatic heterocycles. The zero-order valence-corrected chi connectivity index (χ0v) is 12.9. The van der Waals surface area contributed by atoms with Crippen molar-refractivity contribution in [2.24, 2.45) is 0 Å². The van der Waals surface area contributed by atoms with Crippen LogP contribution in [0.3, 0.4) is 0 Å². The molecule has 3 rings (SSSR count). The maximum atomic E-state index is 5.90. The third-order valence-electron chi connectivity index (χ3n) is 3.36. The monoisotopic (exact) mass is 308 g/mol. The number of benzene rings is 1. The number of hydrogen-bond donors (Lipinski definition) is 1. The average molecular weight is 309 g/mol. The summed E-state index contributed by atoms with van der Waals surface area (Å²) in [6, 6.07) is 8.41. The van der Waals surface area contributed by atoms with Crippen molar-refractivity contribution in [3.8, 4) is 0 Å². The lowest BCUT2D eigenvalue weighted by atomic mass is 10.2. The fourth-order valence-electron chi connectivity index (χ4n) is 2.33. The fraction of sp³-hybridized carbons (Fsp3) is 0.429. The summed E-state index contributed by atoms with van der Waals surface area (Å²) < 4.78 is 0. The van der Waals surface area contributed by atoms with Crippen molar-refractivity contribution >= 4 is 28.1 Å². The van der Waals surface area contributed by atoms with Crippen LogP contribution in [0, 0.1) is 0 Å². The first kappa shape index (κ1) is 13.8. The van der Waals surface area contributed by atoms with Crippen molar-refractivity contribution in [1.82, 2.24) is 15.5 Å². The lowest BCUT2D eigenvalue weighted by molar-refractivity contribution is 0.483. The molecular formula is C14H17ClN4S. The molecule has 6 heteroatoms. The molecule has 0 amide bonds. The summed E-state index contributed by atoms with van der Waals surface area (Å²) >= 11 is 7.58. The van der Waals surface area contributed by atoms with Crippen molar-refractivity contribution in [1.29, 1.82) is 0 Å². The Morgan fingerprint density at radius 3 is 2.90 bits per heavy atom. The lowest BCUT2D eigenvalue weighted by Gasteiger charge is -2.31. The zero-order chi connectivity index (χ0) is 13.9. The van der Waals surface area contributed by atoms with Gasteiger partial charge in [0.25, 0.3) is 0 Å². The van der Waals surface area contributed by atoms with Crippen LogP contribution < -0.4 is 10.2 Å². The third kappa shape index (κ3) is 3.29. The Kier molecular flexibility index (Phi) is 4.19. The first-order valence-corrected chi connectivity index (χ1v) is 7.95. The van der Waals surface area contributed by atoms with E-state index in [1.165, 1.54) is 5.56 Å². The van der Waals surface area contributed by atoms with Crippen LogP contribution in [-0.2, 0) is 6.42 Å². The first-order chi connectivity index (χ1) is 9.70. The van der Waals surface area contributed by atoms with Gasteiger partial charge in [0.05, 0.1) is 0 Å². The molecule has 0 spiro atoms. The predicted octanol–water partition coefficient (Wildman–Crippen LogP) is 2.58. The normalized spacial score (nSPS) is 19.3. The molecule has 1 N–H and O–H groups in total. The Labute approximate surface area is 127 Å². The number of anilines is 1. The van der Waals surface area contributed by atoms with Gasteiger partial charge in [-0.15, -0.1) is 10.2 Å². The smallest absolute Gasteiger partial charge is 0.208 e. The molecule has 1 aromatic carbocycles. The van der Waals surface area contributed by atoms with Crippen molar-refractivity contribution in [2.75, 3.05) is 24.5 Å². The first-order valence-electron chi connectivity index (χ1n) is 6.76. The molecule has 1 aromatic heterocycles. The molecule has 0 saturated carbocycles. The van der Waals surface area contributed by atoms with Crippen LogP contribution in [-0.4, -0.2) is 35.9 Å². The van der Waals surface area contributed by atoms with Gasteiger partial charge in [-0.1, -0.05) is 35.1 Å². The van der Waals surface area contributed by atoms with E-state index in [1.54, 1.807) is 11.3 Å². The van der Waals surface area contributed by atoms with Gasteiger partial charge in [0, 0.05) is 37.1 Å². The quantitative estimate of drug-likeness (QED) is 0.946. The zero-order valence-electron chi connectivity index (χ0n) is 11.3. The topological polar surface area (TPSA) is 41.1 Å². The van der Waals surface area contributed by atoms with Crippen molar-refractivity contribution in [3.05, 3.63) is 39.9 Å². The molecule has 1 atom stereocenters. The van der Waals surface area contributed by atoms with Crippen LogP contribution in [0.15, 0.2) is 24.3 Å². The Morgan fingerprint density at radius 1 is 1.35 bits per heavy atom. The molecule has 0 radical (unpaired) electrons. The second-order valence-corrected chi connectivity index (χ2v) is 6.56. The second-order valence-electron chi connectivity index (χ2n) is 5.08. The minimum Gasteiger partial charge on any atom is -0.344 e. The van der Waals surface area contributed by atoms with Crippen LogP contribution in [0.25, 0.3) is 0 Å². The summed E-state index contributed by atoms with van der Waals surface area (Å²) in [6.07, 6.45) is 0.816. The number of aromatic nitrogens is 2. The van der Waals surface area contributed by atoms with E-state index in [1.807, 2.05) is 24.3 Å². The highest BCUT2D eigenvalue weighted by Gasteiger charge is 2.19. The van der Waals surface area contributed by atoms with E-state index in [4.69, 9.17) is 11.6 Å². The Bertz CT molecular complexity index is 569. The Balaban J connectivity index is 1.68. The molecule has 106 valence electrons. The van der Waals surface area contributed by atoms with Crippen molar-refractivity contribution < 1.29 is 0 Å². The molecule has 0 aliphatic carbocycles. The number of halogens is 1. The number of hydrogen-bond acceptors (Lipinski definition) is 5. The summed E-state index contributed by atoms with van der Waals surface area (Å²) in [4.78, 5) is 2.31. The highest BCUT2D eigenvalue weighted by Crippen LogP contribution is 2.23. The van der Waals surface area contributed by atoms with E-state index in [0.717, 1.165) is 41.2 Å². The van der Waals surface area contributed by atoms with E-state index in [0.29, 0.717) is 6.04 Å². The number of piperazine rings is 1. The molecule has 4 nitrogen and oxygen atoms in total. The van der Waals surface area contributed by atoms with Gasteiger partial charge in [-0.2, -0.15) is 0 Å². The van der Waals surface area contributed by atoms with Gasteiger partial charge in [-0.25, -0.2) is 0 Å². The maximum Gasteiger partial charge on any atom is 0.208 e. The van der Waals surface area contributed by atoms with Crippen LogP contribution in [0.1, 0.15) is 17.5 Å². The SMILES string of the molecule is C[C@@H]1CN(c2nnc(Cc3ccc(Cl)cc3)s2)CCN1. The van der Waals surface area contributed by atoms with E-state index >= 15 is 0 Å². The average Bonchev–Trinajstić information content (AvgIpc) is 2.90. The number of nitrogens with one attached hydrogen (secondary N) is 1. The fourth-order valence-corrected chi connectivity index (χ4v) is 3.36. The van der Waals surface area contributed by atoms with Gasteiger partial charge in [-0.3, -0.25) is 0 Å². The second kappa shape index (κ2) is 6.08. The molecule has 20 heavy (non-hydrogen) atoms. The van der Waals surface area contributed by atoms with Gasteiger partial charge in [0.15, 0.2) is 0 Å². The molecule has 0 unspecified atom stereocenters. The van der Waals surface area contributed by atoms with Gasteiger partial charge in [0.2, 0.25) is 5.13 Å². The van der Waals surface area contributed by atoms with Gasteiger partial charge in [-0.05, 0) is 24.6 Å². The highest BCUT2D eigenvalue weighted by atomic mass is 35.5. The van der Waals surface area contributed by atoms with Crippen molar-refractivity contribution in [2.45, 2.75) is 19.4 Å². The Hall–Kier alpha value is -1.17. The maximum absolute atomic E-state index is 5.90. The van der Waals surface area contributed by atoms with E-state index < -0.39 is 0 Å². The summed E-state index contributed by atoms with van der Waals surface area (Å²) in [5.41, 5.74) is 1.21. The lowest BCUT2D eigenvalue weighted by Crippen LogP contribution is -2.49. The predicted molar refractivity (Wildman–Crippen MR) is 83.8 cm³/mol. The van der Waals surface area contributed by atoms with E-state index in [9.17, 15) is 0 Å². The number of rotatable bonds is 3. The number of nitrogens with zero attached hydrogens (tertiary/aromatic N) is 3. The van der Waals surface area contributed by atoms with Gasteiger partial charge < -0.3 is 10.2 Å². The van der Waals surface area contributed by atoms with Crippen LogP contribution >= 0.6 is 22.9 Å². The molecule has 1 aliphatic rings. The minimum atomic E-state index is 0.507. The summed E-state index contributed by atoms with van der Waals surface area (Å²) in [6.45, 7) is 5.20. The Morgan fingerprint density at radius 2 is 2.15 bits per heavy atom. The minimum absolute atomic E-state index is 0.507. The third-order valence-corrected chi connectivity index (χ3v) is 4.60. The molecule has 2 aromatic rings. The van der Waals surface area contributed by atoms with Crippen LogP contribution in [0.5, 0.6) is 0 Å². The van der Waals surface area contributed by atoms with E-state index in [2.05, 4.69) is 27.3 Å². The molecule has 1 fully saturated rings. The van der Waals surface area contributed by atoms with Gasteiger partial charge in [0.1, 0.15) is 5.01 Å². The van der Waals surface area contributed by atoms with Crippen LogP contribution in [0.4, 0.5) is 5.13 Å². The summed E-state index contributed by atoms with van der Waals surface area (Å²) in [7, 11) is 0. The summed E-state index contributed by atoms with van der Waals surface area (Å²) in [5, 5.41) is 14.9. The van der Waals surface area contributed by atoms with Crippen LogP contribution in [0.2, 0.25) is 5.02 Å². The standard InChI is InChI=1S/C14H17ClN4S/c1-10-9-19(7-6-16-10)14-18-17-13(20-14)8-11-2-4-12(15)5-3-11/h2-5,10,16H,6-9H2,1H3/t10-/m1/s1. The molecule has 0 bridgehead atoms. The molecule has 1 saturated heterocycles. The molecule has 2 heterocycles. The largest absolute Gasteiger partial charge is 0.344 e. The highest BCUT2D eigenvalue weighted by molar-refractivity contribution is 7.15. The van der Waals surface area contributed by atoms with E-state index in [-0.39, 0.29) is 0 Å².